The van der Waals surface area contributed by atoms with E-state index >= 15 is 0 Å². The second-order valence-corrected chi connectivity index (χ2v) is 7.69. The van der Waals surface area contributed by atoms with Gasteiger partial charge in [0.2, 0.25) is 10.0 Å². The minimum Gasteiger partial charge on any atom is -0.490 e. The summed E-state index contributed by atoms with van der Waals surface area (Å²) in [6.07, 6.45) is 0. The first-order chi connectivity index (χ1) is 12.4. The second-order valence-electron chi connectivity index (χ2n) is 5.54. The number of nitrogens with zero attached hydrogens (tertiary/aromatic N) is 4. The third-order valence-corrected chi connectivity index (χ3v) is 5.36. The number of benzene rings is 2. The van der Waals surface area contributed by atoms with Crippen LogP contribution in [0.2, 0.25) is 0 Å². The number of sulfonamides is 1. The smallest absolute Gasteiger partial charge is 0.242 e. The molecule has 2 aromatic carbocycles. The summed E-state index contributed by atoms with van der Waals surface area (Å²) in [4.78, 5) is 6.73. The quantitative estimate of drug-likeness (QED) is 0.575. The van der Waals surface area contributed by atoms with Crippen molar-refractivity contribution in [1.29, 1.82) is 0 Å². The molecule has 8 nitrogen and oxygen atoms in total. The van der Waals surface area contributed by atoms with Crippen LogP contribution in [0, 0.1) is 5.82 Å². The zero-order chi connectivity index (χ0) is 18.7. The van der Waals surface area contributed by atoms with Gasteiger partial charge in [0.15, 0.2) is 6.61 Å². The Morgan fingerprint density at radius 1 is 1.12 bits per heavy atom. The summed E-state index contributed by atoms with van der Waals surface area (Å²) >= 11 is 0. The van der Waals surface area contributed by atoms with Crippen LogP contribution in [0.25, 0.3) is 11.0 Å². The summed E-state index contributed by atoms with van der Waals surface area (Å²) in [6.45, 7) is 0.336. The van der Waals surface area contributed by atoms with Crippen molar-refractivity contribution >= 4 is 21.1 Å². The molecule has 0 saturated heterocycles. The third kappa shape index (κ3) is 3.75. The summed E-state index contributed by atoms with van der Waals surface area (Å²) in [7, 11) is -0.661. The van der Waals surface area contributed by atoms with Crippen LogP contribution in [0.5, 0.6) is 5.75 Å². The van der Waals surface area contributed by atoms with Crippen LogP contribution in [0.3, 0.4) is 0 Å². The molecule has 0 atom stereocenters. The van der Waals surface area contributed by atoms with Gasteiger partial charge >= 0.3 is 0 Å². The average molecular weight is 380 g/mol. The van der Waals surface area contributed by atoms with E-state index in [2.05, 4.69) is 10.3 Å². The van der Waals surface area contributed by atoms with E-state index in [0.717, 1.165) is 9.15 Å². The maximum absolute atomic E-state index is 12.8. The molecular weight excluding hydrogens is 363 g/mol. The molecule has 1 heterocycles. The van der Waals surface area contributed by atoms with Gasteiger partial charge in [0.25, 0.3) is 0 Å². The number of ether oxygens (including phenoxy) is 1. The molecule has 26 heavy (non-hydrogen) atoms. The fourth-order valence-corrected chi connectivity index (χ4v) is 3.08. The van der Waals surface area contributed by atoms with E-state index < -0.39 is 10.0 Å². The molecule has 0 unspecified atom stereocenters. The van der Waals surface area contributed by atoms with Gasteiger partial charge in [0.1, 0.15) is 29.2 Å². The first kappa shape index (κ1) is 18.1. The van der Waals surface area contributed by atoms with Crippen molar-refractivity contribution in [2.75, 3.05) is 27.3 Å². The van der Waals surface area contributed by atoms with Crippen molar-refractivity contribution in [1.82, 2.24) is 19.5 Å². The van der Waals surface area contributed by atoms with Crippen LogP contribution in [0.15, 0.2) is 47.4 Å². The number of fused-ring (bicyclic) bond motifs is 1. The van der Waals surface area contributed by atoms with Crippen LogP contribution in [-0.4, -0.2) is 55.2 Å². The van der Waals surface area contributed by atoms with E-state index in [0.29, 0.717) is 16.8 Å². The fraction of sp³-hybridized carbons (Fsp3) is 0.250. The lowest BCUT2D eigenvalue weighted by Crippen LogP contribution is -2.22. The first-order valence-electron chi connectivity index (χ1n) is 7.67. The Balaban J connectivity index is 1.69. The lowest BCUT2D eigenvalue weighted by molar-refractivity contribution is 0.0639. The largest absolute Gasteiger partial charge is 0.490 e. The zero-order valence-electron chi connectivity index (χ0n) is 14.2. The van der Waals surface area contributed by atoms with Crippen LogP contribution >= 0.6 is 0 Å². The lowest BCUT2D eigenvalue weighted by Gasteiger charge is -2.11. The van der Waals surface area contributed by atoms with E-state index in [1.54, 1.807) is 6.07 Å². The Morgan fingerprint density at radius 2 is 1.85 bits per heavy atom. The molecule has 3 aromatic rings. The molecule has 3 rings (SSSR count). The number of aromatic nitrogens is 3. The molecule has 0 amide bonds. The molecule has 0 spiro atoms. The fourth-order valence-electron chi connectivity index (χ4n) is 2.16. The van der Waals surface area contributed by atoms with Gasteiger partial charge in [-0.2, -0.15) is 0 Å². The van der Waals surface area contributed by atoms with Crippen molar-refractivity contribution in [3.63, 3.8) is 0 Å². The molecule has 1 aromatic heterocycles. The van der Waals surface area contributed by atoms with Crippen molar-refractivity contribution in [3.8, 4) is 5.75 Å². The van der Waals surface area contributed by atoms with Crippen molar-refractivity contribution in [2.45, 2.75) is 4.90 Å². The average Bonchev–Trinajstić information content (AvgIpc) is 3.02. The molecule has 0 saturated carbocycles. The van der Waals surface area contributed by atoms with Crippen LogP contribution < -0.4 is 9.57 Å². The van der Waals surface area contributed by atoms with Gasteiger partial charge in [-0.25, -0.2) is 17.1 Å². The Labute approximate surface area is 149 Å². The minimum absolute atomic E-state index is 0.115. The highest BCUT2D eigenvalue weighted by Gasteiger charge is 2.19. The highest BCUT2D eigenvalue weighted by Crippen LogP contribution is 2.19. The zero-order valence-corrected chi connectivity index (χ0v) is 15.0. The highest BCUT2D eigenvalue weighted by molar-refractivity contribution is 7.89. The topological polar surface area (TPSA) is 86.6 Å². The molecule has 0 radical (unpaired) electrons. The number of hydrogen-bond donors (Lipinski definition) is 0. The maximum atomic E-state index is 12.8. The number of hydrogen-bond acceptors (Lipinski definition) is 6. The Morgan fingerprint density at radius 3 is 2.54 bits per heavy atom. The summed E-state index contributed by atoms with van der Waals surface area (Å²) < 4.78 is 43.9. The summed E-state index contributed by atoms with van der Waals surface area (Å²) in [5.41, 5.74) is 0.928. The van der Waals surface area contributed by atoms with E-state index in [9.17, 15) is 12.8 Å². The molecule has 138 valence electrons. The first-order valence-corrected chi connectivity index (χ1v) is 9.11. The molecule has 0 aliphatic heterocycles. The van der Waals surface area contributed by atoms with Gasteiger partial charge < -0.3 is 9.57 Å². The number of rotatable bonds is 7. The van der Waals surface area contributed by atoms with Gasteiger partial charge in [-0.3, -0.25) is 0 Å². The summed E-state index contributed by atoms with van der Waals surface area (Å²) in [5.74, 6) is 0.170. The Kier molecular flexibility index (Phi) is 5.05. The van der Waals surface area contributed by atoms with Crippen LogP contribution in [0.1, 0.15) is 0 Å². The molecule has 10 heteroatoms. The maximum Gasteiger partial charge on any atom is 0.242 e. The molecule has 0 N–H and O–H groups in total. The molecular formula is C16H17FN4O4S. The molecule has 0 fully saturated rings. The summed E-state index contributed by atoms with van der Waals surface area (Å²) in [6, 6.07) is 10.1. The minimum atomic E-state index is -3.57. The van der Waals surface area contributed by atoms with Gasteiger partial charge in [0, 0.05) is 14.1 Å². The predicted molar refractivity (Wildman–Crippen MR) is 91.7 cm³/mol. The van der Waals surface area contributed by atoms with Crippen molar-refractivity contribution in [3.05, 3.63) is 48.3 Å². The van der Waals surface area contributed by atoms with Gasteiger partial charge in [0.05, 0.1) is 4.90 Å². The van der Waals surface area contributed by atoms with E-state index in [1.807, 2.05) is 0 Å². The van der Waals surface area contributed by atoms with Gasteiger partial charge in [-0.1, -0.05) is 4.85 Å². The van der Waals surface area contributed by atoms with Crippen molar-refractivity contribution < 1.29 is 22.4 Å². The van der Waals surface area contributed by atoms with E-state index in [4.69, 9.17) is 9.57 Å². The van der Waals surface area contributed by atoms with Gasteiger partial charge in [-0.05, 0) is 47.7 Å². The normalized spacial score (nSPS) is 11.8. The second kappa shape index (κ2) is 7.26. The standard InChI is InChI=1S/C16H17FN4O4S/c1-20(2)26(22,23)14-7-8-15-16(11-14)21(19-18-15)25-10-9-24-13-5-3-12(17)4-6-13/h3-8,11H,9-10H2,1-2H3. The highest BCUT2D eigenvalue weighted by atomic mass is 32.2. The Hall–Kier alpha value is -2.72. The monoisotopic (exact) mass is 380 g/mol. The Bertz CT molecular complexity index is 1000. The van der Waals surface area contributed by atoms with E-state index in [-0.39, 0.29) is 23.9 Å². The van der Waals surface area contributed by atoms with E-state index in [1.165, 1.54) is 50.5 Å². The van der Waals surface area contributed by atoms with Crippen LogP contribution in [0.4, 0.5) is 4.39 Å². The van der Waals surface area contributed by atoms with Gasteiger partial charge in [-0.15, -0.1) is 5.10 Å². The predicted octanol–water partition coefficient (Wildman–Crippen LogP) is 1.33. The molecule has 0 aliphatic rings. The lowest BCUT2D eigenvalue weighted by atomic mass is 10.3. The molecule has 0 bridgehead atoms. The summed E-state index contributed by atoms with van der Waals surface area (Å²) in [5, 5.41) is 7.78. The third-order valence-electron chi connectivity index (χ3n) is 3.54. The molecule has 0 aliphatic carbocycles. The number of halogens is 1. The SMILES string of the molecule is CN(C)S(=O)(=O)c1ccc2nnn(OCCOc3ccc(F)cc3)c2c1. The van der Waals surface area contributed by atoms with Crippen LogP contribution in [-0.2, 0) is 10.0 Å². The van der Waals surface area contributed by atoms with Crippen molar-refractivity contribution in [2.24, 2.45) is 0 Å².